The molecule has 0 atom stereocenters. The third kappa shape index (κ3) is 1.13. The summed E-state index contributed by atoms with van der Waals surface area (Å²) in [6.45, 7) is 0. The summed E-state index contributed by atoms with van der Waals surface area (Å²) in [4.78, 5) is 0. The van der Waals surface area contributed by atoms with Crippen molar-refractivity contribution >= 4 is 16.4 Å². The molecule has 0 aliphatic carbocycles. The van der Waals surface area contributed by atoms with Crippen LogP contribution in [0.5, 0.6) is 0 Å². The predicted octanol–water partition coefficient (Wildman–Crippen LogP) is 1.34. The van der Waals surface area contributed by atoms with E-state index >= 15 is 0 Å². The van der Waals surface area contributed by atoms with Crippen LogP contribution in [0.25, 0.3) is 16.4 Å². The van der Waals surface area contributed by atoms with Gasteiger partial charge in [-0.05, 0) is 0 Å². The Bertz CT molecular complexity index is 707. The first-order chi connectivity index (χ1) is 7.90. The topological polar surface area (TPSA) is 66.9 Å². The lowest BCUT2D eigenvalue weighted by Gasteiger charge is -1.98. The Hall–Kier alpha value is -2.48. The van der Waals surface area contributed by atoms with Crippen LogP contribution in [0.1, 0.15) is 5.82 Å². The van der Waals surface area contributed by atoms with Crippen molar-refractivity contribution in [3.8, 4) is 6.07 Å². The van der Waals surface area contributed by atoms with E-state index in [2.05, 4.69) is 15.3 Å². The molecule has 0 bridgehead atoms. The number of nitrogens with zero attached hydrogens (tertiary/aromatic N) is 5. The van der Waals surface area contributed by atoms with Crippen molar-refractivity contribution < 1.29 is 0 Å². The van der Waals surface area contributed by atoms with Gasteiger partial charge >= 0.3 is 0 Å². The van der Waals surface area contributed by atoms with Gasteiger partial charge in [0.05, 0.1) is 18.7 Å². The SMILES string of the molecule is N#CCc1nnc2c3ccccc3cnn12. The van der Waals surface area contributed by atoms with Crippen molar-refractivity contribution in [1.29, 1.82) is 5.26 Å². The molecule has 0 aliphatic heterocycles. The Morgan fingerprint density at radius 3 is 3.00 bits per heavy atom. The number of rotatable bonds is 1. The monoisotopic (exact) mass is 209 g/mol. The maximum Gasteiger partial charge on any atom is 0.185 e. The molecule has 0 saturated heterocycles. The zero-order valence-electron chi connectivity index (χ0n) is 8.33. The third-order valence-electron chi connectivity index (χ3n) is 2.46. The largest absolute Gasteiger partial charge is 0.198 e. The number of nitriles is 1. The van der Waals surface area contributed by atoms with E-state index in [9.17, 15) is 0 Å². The minimum absolute atomic E-state index is 0.215. The molecular weight excluding hydrogens is 202 g/mol. The van der Waals surface area contributed by atoms with E-state index in [1.165, 1.54) is 0 Å². The van der Waals surface area contributed by atoms with E-state index in [1.807, 2.05) is 30.3 Å². The quantitative estimate of drug-likeness (QED) is 0.606. The molecule has 1 aromatic carbocycles. The maximum absolute atomic E-state index is 8.65. The summed E-state index contributed by atoms with van der Waals surface area (Å²) in [6, 6.07) is 9.89. The first-order valence-corrected chi connectivity index (χ1v) is 4.85. The first kappa shape index (κ1) is 8.80. The van der Waals surface area contributed by atoms with Crippen LogP contribution in [-0.2, 0) is 6.42 Å². The fraction of sp³-hybridized carbons (Fsp3) is 0.0909. The number of hydrogen-bond donors (Lipinski definition) is 0. The Morgan fingerprint density at radius 2 is 2.12 bits per heavy atom. The maximum atomic E-state index is 8.65. The minimum atomic E-state index is 0.215. The lowest BCUT2D eigenvalue weighted by atomic mass is 10.2. The molecule has 0 radical (unpaired) electrons. The minimum Gasteiger partial charge on any atom is -0.198 e. The third-order valence-corrected chi connectivity index (χ3v) is 2.46. The van der Waals surface area contributed by atoms with E-state index in [0.29, 0.717) is 11.5 Å². The summed E-state index contributed by atoms with van der Waals surface area (Å²) in [5.41, 5.74) is 0.698. The molecule has 2 aromatic heterocycles. The predicted molar refractivity (Wildman–Crippen MR) is 57.6 cm³/mol. The molecule has 3 aromatic rings. The second-order valence-electron chi connectivity index (χ2n) is 3.42. The van der Waals surface area contributed by atoms with Crippen molar-refractivity contribution in [2.45, 2.75) is 6.42 Å². The zero-order valence-corrected chi connectivity index (χ0v) is 8.33. The van der Waals surface area contributed by atoms with Crippen LogP contribution < -0.4 is 0 Å². The van der Waals surface area contributed by atoms with Gasteiger partial charge in [0.1, 0.15) is 0 Å². The van der Waals surface area contributed by atoms with Crippen molar-refractivity contribution in [2.75, 3.05) is 0 Å². The summed E-state index contributed by atoms with van der Waals surface area (Å²) in [6.07, 6.45) is 1.97. The molecule has 5 nitrogen and oxygen atoms in total. The van der Waals surface area contributed by atoms with E-state index in [1.54, 1.807) is 10.7 Å². The summed E-state index contributed by atoms with van der Waals surface area (Å²) >= 11 is 0. The van der Waals surface area contributed by atoms with Crippen LogP contribution in [0.4, 0.5) is 0 Å². The summed E-state index contributed by atoms with van der Waals surface area (Å²) in [5.74, 6) is 0.572. The molecule has 5 heteroatoms. The highest BCUT2D eigenvalue weighted by Crippen LogP contribution is 2.17. The Kier molecular flexibility index (Phi) is 1.80. The molecule has 0 amide bonds. The average Bonchev–Trinajstić information content (AvgIpc) is 2.73. The molecule has 0 fully saturated rings. The number of aromatic nitrogens is 4. The molecule has 0 saturated carbocycles. The second kappa shape index (κ2) is 3.28. The fourth-order valence-corrected chi connectivity index (χ4v) is 1.72. The Labute approximate surface area is 90.9 Å². The molecule has 0 aliphatic rings. The average molecular weight is 209 g/mol. The van der Waals surface area contributed by atoms with Gasteiger partial charge in [0.15, 0.2) is 11.5 Å². The van der Waals surface area contributed by atoms with Crippen molar-refractivity contribution in [1.82, 2.24) is 19.8 Å². The van der Waals surface area contributed by atoms with Gasteiger partial charge in [-0.15, -0.1) is 10.2 Å². The highest BCUT2D eigenvalue weighted by Gasteiger charge is 2.08. The molecule has 0 N–H and O–H groups in total. The summed E-state index contributed by atoms with van der Waals surface area (Å²) in [5, 5.41) is 22.9. The van der Waals surface area contributed by atoms with Crippen LogP contribution >= 0.6 is 0 Å². The Morgan fingerprint density at radius 1 is 1.25 bits per heavy atom. The van der Waals surface area contributed by atoms with Gasteiger partial charge < -0.3 is 0 Å². The molecule has 16 heavy (non-hydrogen) atoms. The van der Waals surface area contributed by atoms with E-state index in [4.69, 9.17) is 5.26 Å². The van der Waals surface area contributed by atoms with Crippen molar-refractivity contribution in [3.63, 3.8) is 0 Å². The second-order valence-corrected chi connectivity index (χ2v) is 3.42. The Balaban J connectivity index is 2.41. The normalized spacial score (nSPS) is 10.7. The van der Waals surface area contributed by atoms with Crippen LogP contribution in [0, 0.1) is 11.3 Å². The molecule has 3 rings (SSSR count). The van der Waals surface area contributed by atoms with Gasteiger partial charge in [-0.25, -0.2) is 0 Å². The van der Waals surface area contributed by atoms with Gasteiger partial charge in [0, 0.05) is 10.8 Å². The first-order valence-electron chi connectivity index (χ1n) is 4.85. The van der Waals surface area contributed by atoms with E-state index < -0.39 is 0 Å². The zero-order chi connectivity index (χ0) is 11.0. The molecule has 2 heterocycles. The number of benzene rings is 1. The number of hydrogen-bond acceptors (Lipinski definition) is 4. The smallest absolute Gasteiger partial charge is 0.185 e. The van der Waals surface area contributed by atoms with Crippen molar-refractivity contribution in [2.24, 2.45) is 0 Å². The molecule has 0 spiro atoms. The molecular formula is C11H7N5. The van der Waals surface area contributed by atoms with Crippen LogP contribution in [0.2, 0.25) is 0 Å². The summed E-state index contributed by atoms with van der Waals surface area (Å²) in [7, 11) is 0. The van der Waals surface area contributed by atoms with E-state index in [0.717, 1.165) is 10.8 Å². The van der Waals surface area contributed by atoms with Gasteiger partial charge in [0.25, 0.3) is 0 Å². The van der Waals surface area contributed by atoms with Gasteiger partial charge in [0.2, 0.25) is 0 Å². The van der Waals surface area contributed by atoms with Crippen molar-refractivity contribution in [3.05, 3.63) is 36.3 Å². The van der Waals surface area contributed by atoms with Crippen LogP contribution in [-0.4, -0.2) is 19.8 Å². The van der Waals surface area contributed by atoms with Gasteiger partial charge in [-0.3, -0.25) is 0 Å². The molecule has 76 valence electrons. The lowest BCUT2D eigenvalue weighted by Crippen LogP contribution is -1.97. The summed E-state index contributed by atoms with van der Waals surface area (Å²) < 4.78 is 1.62. The lowest BCUT2D eigenvalue weighted by molar-refractivity contribution is 0.855. The van der Waals surface area contributed by atoms with Gasteiger partial charge in [-0.2, -0.15) is 14.9 Å². The van der Waals surface area contributed by atoms with E-state index in [-0.39, 0.29) is 6.42 Å². The fourth-order valence-electron chi connectivity index (χ4n) is 1.72. The highest BCUT2D eigenvalue weighted by atomic mass is 15.4. The van der Waals surface area contributed by atoms with Crippen LogP contribution in [0.3, 0.4) is 0 Å². The highest BCUT2D eigenvalue weighted by molar-refractivity contribution is 5.92. The van der Waals surface area contributed by atoms with Crippen LogP contribution in [0.15, 0.2) is 30.5 Å². The van der Waals surface area contributed by atoms with Gasteiger partial charge in [-0.1, -0.05) is 24.3 Å². The molecule has 0 unspecified atom stereocenters. The standard InChI is InChI=1S/C11H7N5/c12-6-5-10-14-15-11-9-4-2-1-3-8(9)7-13-16(10)11/h1-4,7H,5H2. The number of fused-ring (bicyclic) bond motifs is 3.